The lowest BCUT2D eigenvalue weighted by molar-refractivity contribution is 0.600. The Hall–Kier alpha value is -1.85. The van der Waals surface area contributed by atoms with Gasteiger partial charge >= 0.3 is 0 Å². The topological polar surface area (TPSA) is 49.9 Å². The van der Waals surface area contributed by atoms with Crippen molar-refractivity contribution >= 4 is 32.3 Å². The maximum absolute atomic E-state index is 14.2. The van der Waals surface area contributed by atoms with E-state index in [4.69, 9.17) is 11.6 Å². The summed E-state index contributed by atoms with van der Waals surface area (Å²) in [4.78, 5) is 3.19. The van der Waals surface area contributed by atoms with Gasteiger partial charge in [0.25, 0.3) is 0 Å². The van der Waals surface area contributed by atoms with Gasteiger partial charge in [-0.25, -0.2) is 12.8 Å². The molecule has 1 fully saturated rings. The van der Waals surface area contributed by atoms with Crippen LogP contribution in [0.1, 0.15) is 35.4 Å². The summed E-state index contributed by atoms with van der Waals surface area (Å²) in [6.45, 7) is 0. The van der Waals surface area contributed by atoms with Crippen LogP contribution in [0.4, 0.5) is 4.39 Å². The number of H-pyrrole nitrogens is 1. The highest BCUT2D eigenvalue weighted by atomic mass is 35.5. The Balaban J connectivity index is 1.86. The lowest BCUT2D eigenvalue weighted by atomic mass is 9.87. The minimum absolute atomic E-state index is 0.147. The van der Waals surface area contributed by atoms with Crippen LogP contribution in [-0.4, -0.2) is 19.7 Å². The number of aromatic amines is 1. The van der Waals surface area contributed by atoms with E-state index in [-0.39, 0.29) is 11.7 Å². The van der Waals surface area contributed by atoms with E-state index >= 15 is 0 Å². The van der Waals surface area contributed by atoms with E-state index in [1.165, 1.54) is 12.1 Å². The molecule has 0 saturated heterocycles. The van der Waals surface area contributed by atoms with Crippen LogP contribution in [0.15, 0.2) is 42.6 Å². The maximum Gasteiger partial charge on any atom is 0.151 e. The number of sulfone groups is 1. The van der Waals surface area contributed by atoms with Gasteiger partial charge in [-0.05, 0) is 59.7 Å². The molecule has 1 N–H and O–H groups in total. The summed E-state index contributed by atoms with van der Waals surface area (Å²) in [5.41, 5.74) is 3.33. The third kappa shape index (κ3) is 3.51. The zero-order valence-corrected chi connectivity index (χ0v) is 15.9. The highest BCUT2D eigenvalue weighted by Crippen LogP contribution is 2.48. The monoisotopic (exact) mass is 391 g/mol. The van der Waals surface area contributed by atoms with E-state index < -0.39 is 15.7 Å². The largest absolute Gasteiger partial charge is 0.361 e. The van der Waals surface area contributed by atoms with Crippen LogP contribution in [0, 0.1) is 11.7 Å². The quantitative estimate of drug-likeness (QED) is 0.661. The summed E-state index contributed by atoms with van der Waals surface area (Å²) in [7, 11) is -3.26. The SMILES string of the molecule is CS(=O)(=O)Cc1cc(F)cc2c(C(c3ccc(Cl)cc3)C3CC3)c[nH]c12. The molecule has 3 nitrogen and oxygen atoms in total. The number of hydrogen-bond acceptors (Lipinski definition) is 2. The third-order valence-electron chi connectivity index (χ3n) is 4.94. The maximum atomic E-state index is 14.2. The number of benzene rings is 2. The van der Waals surface area contributed by atoms with Gasteiger partial charge in [-0.3, -0.25) is 0 Å². The minimum Gasteiger partial charge on any atom is -0.361 e. The molecular formula is C20H19ClFNO2S. The molecule has 0 spiro atoms. The lowest BCUT2D eigenvalue weighted by Gasteiger charge is -2.17. The zero-order valence-electron chi connectivity index (χ0n) is 14.3. The molecule has 1 aromatic heterocycles. The normalized spacial score (nSPS) is 16.1. The molecule has 4 rings (SSSR count). The molecule has 0 bridgehead atoms. The zero-order chi connectivity index (χ0) is 18.5. The summed E-state index contributed by atoms with van der Waals surface area (Å²) < 4.78 is 37.7. The van der Waals surface area contributed by atoms with Crippen molar-refractivity contribution in [1.82, 2.24) is 4.98 Å². The summed E-state index contributed by atoms with van der Waals surface area (Å²) in [5, 5.41) is 1.44. The summed E-state index contributed by atoms with van der Waals surface area (Å²) in [5.74, 6) is 0.0596. The molecule has 136 valence electrons. The molecule has 1 atom stereocenters. The van der Waals surface area contributed by atoms with Crippen LogP contribution >= 0.6 is 11.6 Å². The van der Waals surface area contributed by atoms with Gasteiger partial charge in [-0.1, -0.05) is 23.7 Å². The Morgan fingerprint density at radius 1 is 1.23 bits per heavy atom. The first-order valence-electron chi connectivity index (χ1n) is 8.54. The Labute approximate surface area is 157 Å². The summed E-state index contributed by atoms with van der Waals surface area (Å²) in [6, 6.07) is 10.6. The van der Waals surface area contributed by atoms with Gasteiger partial charge in [-0.2, -0.15) is 0 Å². The molecule has 1 aliphatic rings. The molecule has 0 amide bonds. The molecule has 1 unspecified atom stereocenters. The second-order valence-electron chi connectivity index (χ2n) is 7.17. The van der Waals surface area contributed by atoms with E-state index in [1.54, 1.807) is 0 Å². The van der Waals surface area contributed by atoms with E-state index in [9.17, 15) is 12.8 Å². The molecule has 1 aliphatic carbocycles. The van der Waals surface area contributed by atoms with Gasteiger partial charge < -0.3 is 4.98 Å². The predicted molar refractivity (Wildman–Crippen MR) is 103 cm³/mol. The molecule has 2 aromatic carbocycles. The molecule has 0 aliphatic heterocycles. The number of nitrogens with one attached hydrogen (secondary N) is 1. The number of fused-ring (bicyclic) bond motifs is 1. The fraction of sp³-hybridized carbons (Fsp3) is 0.300. The van der Waals surface area contributed by atoms with Gasteiger partial charge in [0.15, 0.2) is 9.84 Å². The number of hydrogen-bond donors (Lipinski definition) is 1. The molecule has 6 heteroatoms. The first-order chi connectivity index (χ1) is 12.3. The average Bonchev–Trinajstić information content (AvgIpc) is 3.29. The van der Waals surface area contributed by atoms with Crippen molar-refractivity contribution in [1.29, 1.82) is 0 Å². The Morgan fingerprint density at radius 3 is 2.54 bits per heavy atom. The minimum atomic E-state index is -3.26. The molecule has 1 heterocycles. The van der Waals surface area contributed by atoms with Gasteiger partial charge in [-0.15, -0.1) is 0 Å². The van der Waals surface area contributed by atoms with Gasteiger partial charge in [0.05, 0.1) is 11.3 Å². The van der Waals surface area contributed by atoms with Gasteiger partial charge in [0.2, 0.25) is 0 Å². The summed E-state index contributed by atoms with van der Waals surface area (Å²) >= 11 is 6.02. The van der Waals surface area contributed by atoms with E-state index in [0.717, 1.165) is 35.6 Å². The van der Waals surface area contributed by atoms with Crippen LogP contribution in [0.2, 0.25) is 5.02 Å². The summed E-state index contributed by atoms with van der Waals surface area (Å²) in [6.07, 6.45) is 5.32. The van der Waals surface area contributed by atoms with Crippen LogP contribution in [0.5, 0.6) is 0 Å². The number of aromatic nitrogens is 1. The van der Waals surface area contributed by atoms with Crippen LogP contribution < -0.4 is 0 Å². The standard InChI is InChI=1S/C20H19ClFNO2S/c1-26(24,25)11-14-8-16(22)9-17-18(10-23-20(14)17)19(12-2-3-12)13-4-6-15(21)7-5-13/h4-10,12,19,23H,2-3,11H2,1H3. The fourth-order valence-corrected chi connectivity index (χ4v) is 4.67. The second kappa shape index (κ2) is 6.39. The molecule has 3 aromatic rings. The molecular weight excluding hydrogens is 373 g/mol. The van der Waals surface area contributed by atoms with Crippen LogP contribution in [-0.2, 0) is 15.6 Å². The third-order valence-corrected chi connectivity index (χ3v) is 6.03. The van der Waals surface area contributed by atoms with Crippen molar-refractivity contribution in [2.75, 3.05) is 6.26 Å². The van der Waals surface area contributed by atoms with Crippen molar-refractivity contribution in [3.05, 3.63) is 70.1 Å². The lowest BCUT2D eigenvalue weighted by Crippen LogP contribution is -2.04. The Bertz CT molecular complexity index is 1070. The predicted octanol–water partition coefficient (Wildman–Crippen LogP) is 5.05. The van der Waals surface area contributed by atoms with Crippen molar-refractivity contribution in [3.63, 3.8) is 0 Å². The molecule has 0 radical (unpaired) electrons. The van der Waals surface area contributed by atoms with Crippen LogP contribution in [0.25, 0.3) is 10.9 Å². The van der Waals surface area contributed by atoms with Crippen molar-refractivity contribution in [3.8, 4) is 0 Å². The highest BCUT2D eigenvalue weighted by molar-refractivity contribution is 7.89. The molecule has 1 saturated carbocycles. The second-order valence-corrected chi connectivity index (χ2v) is 9.74. The molecule has 26 heavy (non-hydrogen) atoms. The first kappa shape index (κ1) is 17.6. The average molecular weight is 392 g/mol. The smallest absolute Gasteiger partial charge is 0.151 e. The van der Waals surface area contributed by atoms with Crippen molar-refractivity contribution < 1.29 is 12.8 Å². The van der Waals surface area contributed by atoms with E-state index in [0.29, 0.717) is 22.0 Å². The van der Waals surface area contributed by atoms with E-state index in [2.05, 4.69) is 4.98 Å². The van der Waals surface area contributed by atoms with Gasteiger partial charge in [0.1, 0.15) is 5.82 Å². The first-order valence-corrected chi connectivity index (χ1v) is 11.0. The van der Waals surface area contributed by atoms with Gasteiger partial charge in [0, 0.05) is 28.8 Å². The fourth-order valence-electron chi connectivity index (χ4n) is 3.75. The Kier molecular flexibility index (Phi) is 4.32. The number of halogens is 2. The van der Waals surface area contributed by atoms with Crippen molar-refractivity contribution in [2.45, 2.75) is 24.5 Å². The van der Waals surface area contributed by atoms with Crippen molar-refractivity contribution in [2.24, 2.45) is 5.92 Å². The van der Waals surface area contributed by atoms with E-state index in [1.807, 2.05) is 30.5 Å². The Morgan fingerprint density at radius 2 is 1.92 bits per heavy atom. The number of rotatable bonds is 5. The highest BCUT2D eigenvalue weighted by Gasteiger charge is 2.35. The van der Waals surface area contributed by atoms with Crippen LogP contribution in [0.3, 0.4) is 0 Å².